The van der Waals surface area contributed by atoms with Gasteiger partial charge in [0.25, 0.3) is 0 Å². The van der Waals surface area contributed by atoms with Crippen molar-refractivity contribution in [3.63, 3.8) is 0 Å². The van der Waals surface area contributed by atoms with E-state index < -0.39 is 6.10 Å². The van der Waals surface area contributed by atoms with Gasteiger partial charge in [0.15, 0.2) is 11.4 Å². The van der Waals surface area contributed by atoms with Gasteiger partial charge < -0.3 is 5.11 Å². The largest absolute Gasteiger partial charge is 0.383 e. The van der Waals surface area contributed by atoms with Crippen LogP contribution in [0.5, 0.6) is 0 Å². The fraction of sp³-hybridized carbons (Fsp3) is 0.143. The molecule has 0 amide bonds. The van der Waals surface area contributed by atoms with Crippen molar-refractivity contribution in [3.05, 3.63) is 52.2 Å². The van der Waals surface area contributed by atoms with Crippen LogP contribution in [0.25, 0.3) is 0 Å². The van der Waals surface area contributed by atoms with Crippen LogP contribution >= 0.6 is 23.1 Å². The van der Waals surface area contributed by atoms with Gasteiger partial charge in [-0.1, -0.05) is 30.0 Å². The SMILES string of the molecule is CSC(=Nc1ccc(C(O)c2cccs2)cc1)NC#N. The molecule has 1 aromatic carbocycles. The molecule has 20 heavy (non-hydrogen) atoms. The van der Waals surface area contributed by atoms with Crippen molar-refractivity contribution in [2.75, 3.05) is 6.26 Å². The average molecular weight is 303 g/mol. The number of aliphatic imine (C=N–C) groups is 1. The zero-order valence-corrected chi connectivity index (χ0v) is 12.4. The number of benzene rings is 1. The molecular formula is C14H13N3OS2. The van der Waals surface area contributed by atoms with Crippen LogP contribution in [0.15, 0.2) is 46.8 Å². The van der Waals surface area contributed by atoms with E-state index in [2.05, 4.69) is 10.3 Å². The third-order valence-electron chi connectivity index (χ3n) is 2.61. The van der Waals surface area contributed by atoms with Crippen LogP contribution in [0.3, 0.4) is 0 Å². The third kappa shape index (κ3) is 3.61. The predicted molar refractivity (Wildman–Crippen MR) is 84.2 cm³/mol. The van der Waals surface area contributed by atoms with Gasteiger partial charge >= 0.3 is 0 Å². The van der Waals surface area contributed by atoms with E-state index in [-0.39, 0.29) is 0 Å². The molecule has 1 atom stereocenters. The zero-order valence-electron chi connectivity index (χ0n) is 10.8. The molecule has 2 aromatic rings. The zero-order chi connectivity index (χ0) is 14.4. The molecule has 0 bridgehead atoms. The molecule has 2 rings (SSSR count). The molecule has 2 N–H and O–H groups in total. The molecule has 1 heterocycles. The smallest absolute Gasteiger partial charge is 0.183 e. The third-order valence-corrected chi connectivity index (χ3v) is 4.11. The van der Waals surface area contributed by atoms with Gasteiger partial charge in [0.1, 0.15) is 6.10 Å². The van der Waals surface area contributed by atoms with Crippen molar-refractivity contribution < 1.29 is 5.11 Å². The van der Waals surface area contributed by atoms with Gasteiger partial charge in [0.05, 0.1) is 5.69 Å². The number of nitrogens with zero attached hydrogens (tertiary/aromatic N) is 2. The Kier molecular flexibility index (Phi) is 5.18. The fourth-order valence-corrected chi connectivity index (χ4v) is 2.71. The lowest BCUT2D eigenvalue weighted by atomic mass is 10.1. The Bertz CT molecular complexity index is 615. The van der Waals surface area contributed by atoms with Crippen molar-refractivity contribution in [2.24, 2.45) is 4.99 Å². The molecule has 0 saturated heterocycles. The van der Waals surface area contributed by atoms with Gasteiger partial charge in [-0.25, -0.2) is 4.99 Å². The molecule has 0 spiro atoms. The van der Waals surface area contributed by atoms with E-state index in [1.165, 1.54) is 23.1 Å². The highest BCUT2D eigenvalue weighted by Gasteiger charge is 2.10. The maximum absolute atomic E-state index is 10.2. The molecule has 4 nitrogen and oxygen atoms in total. The van der Waals surface area contributed by atoms with E-state index in [1.807, 2.05) is 54.2 Å². The Morgan fingerprint density at radius 1 is 1.40 bits per heavy atom. The van der Waals surface area contributed by atoms with E-state index in [0.29, 0.717) is 5.17 Å². The van der Waals surface area contributed by atoms with Gasteiger partial charge in [0.2, 0.25) is 0 Å². The number of nitriles is 1. The van der Waals surface area contributed by atoms with Crippen LogP contribution in [0.4, 0.5) is 5.69 Å². The topological polar surface area (TPSA) is 68.4 Å². The van der Waals surface area contributed by atoms with E-state index in [9.17, 15) is 5.11 Å². The Morgan fingerprint density at radius 3 is 2.70 bits per heavy atom. The van der Waals surface area contributed by atoms with Gasteiger partial charge in [-0.05, 0) is 35.4 Å². The summed E-state index contributed by atoms with van der Waals surface area (Å²) in [6.45, 7) is 0. The first-order chi connectivity index (χ1) is 9.74. The lowest BCUT2D eigenvalue weighted by molar-refractivity contribution is 0.224. The van der Waals surface area contributed by atoms with Gasteiger partial charge in [0, 0.05) is 4.88 Å². The number of rotatable bonds is 3. The molecule has 1 aromatic heterocycles. The van der Waals surface area contributed by atoms with Crippen molar-refractivity contribution in [2.45, 2.75) is 6.10 Å². The summed E-state index contributed by atoms with van der Waals surface area (Å²) in [6.07, 6.45) is 3.09. The van der Waals surface area contributed by atoms with Crippen molar-refractivity contribution in [1.82, 2.24) is 5.32 Å². The number of nitrogens with one attached hydrogen (secondary N) is 1. The fourth-order valence-electron chi connectivity index (χ4n) is 1.63. The first kappa shape index (κ1) is 14.6. The highest BCUT2D eigenvalue weighted by Crippen LogP contribution is 2.27. The predicted octanol–water partition coefficient (Wildman–Crippen LogP) is 3.25. The lowest BCUT2D eigenvalue weighted by Crippen LogP contribution is -2.12. The van der Waals surface area contributed by atoms with Gasteiger partial charge in [-0.3, -0.25) is 5.32 Å². The van der Waals surface area contributed by atoms with Crippen LogP contribution < -0.4 is 5.32 Å². The lowest BCUT2D eigenvalue weighted by Gasteiger charge is -2.09. The first-order valence-corrected chi connectivity index (χ1v) is 7.94. The number of amidine groups is 1. The van der Waals surface area contributed by atoms with E-state index in [0.717, 1.165) is 16.1 Å². The highest BCUT2D eigenvalue weighted by molar-refractivity contribution is 8.13. The van der Waals surface area contributed by atoms with Gasteiger partial charge in [-0.2, -0.15) is 5.26 Å². The summed E-state index contributed by atoms with van der Waals surface area (Å²) < 4.78 is 0. The summed E-state index contributed by atoms with van der Waals surface area (Å²) >= 11 is 2.89. The molecule has 0 fully saturated rings. The minimum Gasteiger partial charge on any atom is -0.383 e. The number of thiophene rings is 1. The average Bonchev–Trinajstić information content (AvgIpc) is 3.01. The van der Waals surface area contributed by atoms with Crippen molar-refractivity contribution >= 4 is 34.0 Å². The first-order valence-electron chi connectivity index (χ1n) is 5.84. The molecule has 102 valence electrons. The standard InChI is InChI=1S/C14H13N3OS2/c1-19-14(16-9-15)17-11-6-4-10(5-7-11)13(18)12-3-2-8-20-12/h2-8,13,18H,1H3,(H,16,17). The van der Waals surface area contributed by atoms with Gasteiger partial charge in [-0.15, -0.1) is 11.3 Å². The number of thioether (sulfide) groups is 1. The number of hydrogen-bond acceptors (Lipinski definition) is 5. The molecular weight excluding hydrogens is 290 g/mol. The molecule has 0 aliphatic carbocycles. The second-order valence-electron chi connectivity index (χ2n) is 3.87. The summed E-state index contributed by atoms with van der Waals surface area (Å²) in [5, 5.41) is 23.8. The highest BCUT2D eigenvalue weighted by atomic mass is 32.2. The van der Waals surface area contributed by atoms with Crippen LogP contribution in [0.1, 0.15) is 16.5 Å². The molecule has 0 radical (unpaired) electrons. The Labute approximate surface area is 125 Å². The molecule has 6 heteroatoms. The van der Waals surface area contributed by atoms with Crippen LogP contribution in [0.2, 0.25) is 0 Å². The second-order valence-corrected chi connectivity index (χ2v) is 5.64. The maximum Gasteiger partial charge on any atom is 0.183 e. The van der Waals surface area contributed by atoms with Crippen molar-refractivity contribution in [1.29, 1.82) is 5.26 Å². The summed E-state index contributed by atoms with van der Waals surface area (Å²) in [5.41, 5.74) is 1.56. The van der Waals surface area contributed by atoms with E-state index >= 15 is 0 Å². The van der Waals surface area contributed by atoms with Crippen LogP contribution in [0, 0.1) is 11.5 Å². The second kappa shape index (κ2) is 7.10. The number of aliphatic hydroxyl groups is 1. The Morgan fingerprint density at radius 2 is 2.15 bits per heavy atom. The molecule has 0 saturated carbocycles. The minimum atomic E-state index is -0.606. The van der Waals surface area contributed by atoms with Crippen LogP contribution in [-0.4, -0.2) is 16.5 Å². The van der Waals surface area contributed by atoms with E-state index in [4.69, 9.17) is 5.26 Å². The van der Waals surface area contributed by atoms with Crippen LogP contribution in [-0.2, 0) is 0 Å². The summed E-state index contributed by atoms with van der Waals surface area (Å²) in [5.74, 6) is 0. The maximum atomic E-state index is 10.2. The number of aliphatic hydroxyl groups excluding tert-OH is 1. The Hall–Kier alpha value is -1.81. The normalized spacial score (nSPS) is 12.8. The summed E-state index contributed by atoms with van der Waals surface area (Å²) in [6, 6.07) is 11.1. The summed E-state index contributed by atoms with van der Waals surface area (Å²) in [7, 11) is 0. The monoisotopic (exact) mass is 303 g/mol. The molecule has 1 unspecified atom stereocenters. The number of hydrogen-bond donors (Lipinski definition) is 2. The molecule has 0 aliphatic rings. The van der Waals surface area contributed by atoms with Crippen molar-refractivity contribution in [3.8, 4) is 6.19 Å². The summed E-state index contributed by atoms with van der Waals surface area (Å²) in [4.78, 5) is 5.21. The Balaban J connectivity index is 2.16. The molecule has 0 aliphatic heterocycles. The van der Waals surface area contributed by atoms with E-state index in [1.54, 1.807) is 0 Å². The quantitative estimate of drug-likeness (QED) is 0.395. The minimum absolute atomic E-state index is 0.541.